The number of benzene rings is 1. The highest BCUT2D eigenvalue weighted by Gasteiger charge is 2.22. The molecule has 1 aliphatic carbocycles. The molecule has 0 aliphatic heterocycles. The van der Waals surface area contributed by atoms with Crippen molar-refractivity contribution in [3.8, 4) is 11.3 Å². The highest BCUT2D eigenvalue weighted by molar-refractivity contribution is 5.76. The molecular weight excluding hydrogens is 278 g/mol. The maximum absolute atomic E-state index is 11.9. The lowest BCUT2D eigenvalue weighted by atomic mass is 10.1. The fraction of sp³-hybridized carbons (Fsp3) is 0.353. The molecule has 1 heterocycles. The van der Waals surface area contributed by atoms with E-state index in [0.29, 0.717) is 12.6 Å². The minimum absolute atomic E-state index is 0.0167. The minimum atomic E-state index is -0.185. The van der Waals surface area contributed by atoms with Crippen LogP contribution < -0.4 is 10.9 Å². The Bertz CT molecular complexity index is 730. The molecule has 0 atom stereocenters. The van der Waals surface area contributed by atoms with Gasteiger partial charge in [0.05, 0.1) is 12.2 Å². The monoisotopic (exact) mass is 297 g/mol. The predicted octanol–water partition coefficient (Wildman–Crippen LogP) is 1.89. The molecule has 0 saturated heterocycles. The molecule has 5 heteroatoms. The van der Waals surface area contributed by atoms with Gasteiger partial charge >= 0.3 is 0 Å². The van der Waals surface area contributed by atoms with Crippen molar-refractivity contribution < 1.29 is 4.79 Å². The highest BCUT2D eigenvalue weighted by atomic mass is 16.2. The summed E-state index contributed by atoms with van der Waals surface area (Å²) in [6, 6.07) is 11.5. The van der Waals surface area contributed by atoms with E-state index in [4.69, 9.17) is 0 Å². The second-order valence-corrected chi connectivity index (χ2v) is 5.74. The van der Waals surface area contributed by atoms with Crippen molar-refractivity contribution in [3.05, 3.63) is 52.3 Å². The molecule has 1 N–H and O–H groups in total. The molecule has 0 unspecified atom stereocenters. The topological polar surface area (TPSA) is 64.0 Å². The fourth-order valence-electron chi connectivity index (χ4n) is 2.22. The summed E-state index contributed by atoms with van der Waals surface area (Å²) in [6.45, 7) is 2.33. The molecule has 1 aromatic heterocycles. The number of amides is 1. The van der Waals surface area contributed by atoms with Gasteiger partial charge in [-0.05, 0) is 25.8 Å². The van der Waals surface area contributed by atoms with Crippen LogP contribution in [0, 0.1) is 6.92 Å². The lowest BCUT2D eigenvalue weighted by Gasteiger charge is -2.08. The first-order valence-electron chi connectivity index (χ1n) is 7.56. The molecule has 0 spiro atoms. The van der Waals surface area contributed by atoms with Crippen LogP contribution in [-0.2, 0) is 11.3 Å². The van der Waals surface area contributed by atoms with Crippen molar-refractivity contribution >= 4 is 5.91 Å². The minimum Gasteiger partial charge on any atom is -0.353 e. The van der Waals surface area contributed by atoms with E-state index < -0.39 is 0 Å². The largest absolute Gasteiger partial charge is 0.353 e. The predicted molar refractivity (Wildman–Crippen MR) is 84.5 cm³/mol. The number of hydrogen-bond acceptors (Lipinski definition) is 3. The van der Waals surface area contributed by atoms with Gasteiger partial charge in [-0.2, -0.15) is 5.10 Å². The van der Waals surface area contributed by atoms with Gasteiger partial charge in [0.15, 0.2) is 0 Å². The second-order valence-electron chi connectivity index (χ2n) is 5.74. The third kappa shape index (κ3) is 3.61. The number of hydrogen-bond donors (Lipinski definition) is 1. The van der Waals surface area contributed by atoms with Crippen LogP contribution in [0.15, 0.2) is 41.2 Å². The smallest absolute Gasteiger partial charge is 0.266 e. The quantitative estimate of drug-likeness (QED) is 0.916. The third-order valence-electron chi connectivity index (χ3n) is 3.71. The van der Waals surface area contributed by atoms with Crippen LogP contribution >= 0.6 is 0 Å². The Labute approximate surface area is 129 Å². The van der Waals surface area contributed by atoms with Gasteiger partial charge in [0.25, 0.3) is 5.56 Å². The Balaban J connectivity index is 1.73. The van der Waals surface area contributed by atoms with Crippen molar-refractivity contribution in [3.63, 3.8) is 0 Å². The average molecular weight is 297 g/mol. The first kappa shape index (κ1) is 14.5. The molecule has 1 fully saturated rings. The van der Waals surface area contributed by atoms with Gasteiger partial charge in [0.2, 0.25) is 5.91 Å². The molecule has 2 aromatic rings. The Morgan fingerprint density at radius 2 is 1.95 bits per heavy atom. The molecule has 1 amide bonds. The van der Waals surface area contributed by atoms with E-state index in [1.165, 1.54) is 16.3 Å². The molecule has 1 aliphatic rings. The Kier molecular flexibility index (Phi) is 4.04. The van der Waals surface area contributed by atoms with Crippen molar-refractivity contribution in [2.24, 2.45) is 0 Å². The van der Waals surface area contributed by atoms with E-state index >= 15 is 0 Å². The summed E-state index contributed by atoms with van der Waals surface area (Å²) in [5.41, 5.74) is 2.69. The number of aryl methyl sites for hydroxylation is 2. The Morgan fingerprint density at radius 1 is 1.23 bits per heavy atom. The van der Waals surface area contributed by atoms with Gasteiger partial charge in [-0.3, -0.25) is 9.59 Å². The van der Waals surface area contributed by atoms with Gasteiger partial charge in [0.1, 0.15) is 0 Å². The summed E-state index contributed by atoms with van der Waals surface area (Å²) in [6.07, 6.45) is 2.40. The molecule has 1 aromatic carbocycles. The van der Waals surface area contributed by atoms with Gasteiger partial charge in [-0.15, -0.1) is 0 Å². The van der Waals surface area contributed by atoms with Crippen LogP contribution in [0.5, 0.6) is 0 Å². The normalized spacial score (nSPS) is 13.9. The number of nitrogens with one attached hydrogen (secondary N) is 1. The summed E-state index contributed by atoms with van der Waals surface area (Å²) < 4.78 is 1.36. The van der Waals surface area contributed by atoms with Gasteiger partial charge < -0.3 is 5.32 Å². The van der Waals surface area contributed by atoms with Crippen LogP contribution in [-0.4, -0.2) is 21.7 Å². The van der Waals surface area contributed by atoms with Crippen LogP contribution in [0.2, 0.25) is 0 Å². The summed E-state index contributed by atoms with van der Waals surface area (Å²) in [5.74, 6) is -0.0167. The zero-order valence-corrected chi connectivity index (χ0v) is 12.6. The van der Waals surface area contributed by atoms with E-state index in [1.807, 2.05) is 31.2 Å². The Morgan fingerprint density at radius 3 is 2.64 bits per heavy atom. The van der Waals surface area contributed by atoms with E-state index in [9.17, 15) is 9.59 Å². The van der Waals surface area contributed by atoms with Crippen LogP contribution in [0.25, 0.3) is 11.3 Å². The number of carbonyl (C=O) groups is 1. The number of rotatable bonds is 5. The molecule has 1 saturated carbocycles. The Hall–Kier alpha value is -2.43. The van der Waals surface area contributed by atoms with E-state index in [-0.39, 0.29) is 17.9 Å². The summed E-state index contributed by atoms with van der Waals surface area (Å²) in [5, 5.41) is 7.28. The molecule has 22 heavy (non-hydrogen) atoms. The van der Waals surface area contributed by atoms with Crippen LogP contribution in [0.4, 0.5) is 0 Å². The number of nitrogens with zero attached hydrogens (tertiary/aromatic N) is 2. The first-order valence-corrected chi connectivity index (χ1v) is 7.56. The molecule has 3 rings (SSSR count). The maximum Gasteiger partial charge on any atom is 0.266 e. The zero-order valence-electron chi connectivity index (χ0n) is 12.6. The molecule has 0 radical (unpaired) electrons. The molecule has 114 valence electrons. The SMILES string of the molecule is Cc1ccc(-c2ccc(=O)n(CCC(=O)NC3CC3)n2)cc1. The van der Waals surface area contributed by atoms with E-state index in [0.717, 1.165) is 24.1 Å². The average Bonchev–Trinajstić information content (AvgIpc) is 3.31. The van der Waals surface area contributed by atoms with Crippen LogP contribution in [0.3, 0.4) is 0 Å². The van der Waals surface area contributed by atoms with Crippen LogP contribution in [0.1, 0.15) is 24.8 Å². The highest BCUT2D eigenvalue weighted by Crippen LogP contribution is 2.18. The van der Waals surface area contributed by atoms with Gasteiger partial charge in [-0.1, -0.05) is 29.8 Å². The van der Waals surface area contributed by atoms with Crippen molar-refractivity contribution in [1.82, 2.24) is 15.1 Å². The van der Waals surface area contributed by atoms with Gasteiger partial charge in [-0.25, -0.2) is 4.68 Å². The summed E-state index contributed by atoms with van der Waals surface area (Å²) >= 11 is 0. The molecular formula is C17H19N3O2. The van der Waals surface area contributed by atoms with Crippen molar-refractivity contribution in [2.45, 2.75) is 38.8 Å². The molecule has 5 nitrogen and oxygen atoms in total. The summed E-state index contributed by atoms with van der Waals surface area (Å²) in [7, 11) is 0. The molecule has 0 bridgehead atoms. The van der Waals surface area contributed by atoms with Crippen molar-refractivity contribution in [2.75, 3.05) is 0 Å². The third-order valence-corrected chi connectivity index (χ3v) is 3.71. The lowest BCUT2D eigenvalue weighted by Crippen LogP contribution is -2.29. The number of aromatic nitrogens is 2. The lowest BCUT2D eigenvalue weighted by molar-refractivity contribution is -0.121. The van der Waals surface area contributed by atoms with E-state index in [1.54, 1.807) is 6.07 Å². The fourth-order valence-corrected chi connectivity index (χ4v) is 2.22. The van der Waals surface area contributed by atoms with Gasteiger partial charge in [0, 0.05) is 24.1 Å². The van der Waals surface area contributed by atoms with Crippen molar-refractivity contribution in [1.29, 1.82) is 0 Å². The maximum atomic E-state index is 11.9. The first-order chi connectivity index (χ1) is 10.6. The standard InChI is InChI=1S/C17H19N3O2/c1-12-2-4-13(5-3-12)15-8-9-17(22)20(19-15)11-10-16(21)18-14-6-7-14/h2-5,8-9,14H,6-7,10-11H2,1H3,(H,18,21). The number of carbonyl (C=O) groups excluding carboxylic acids is 1. The van der Waals surface area contributed by atoms with E-state index in [2.05, 4.69) is 10.4 Å². The zero-order chi connectivity index (χ0) is 15.5. The second kappa shape index (κ2) is 6.13. The summed E-state index contributed by atoms with van der Waals surface area (Å²) in [4.78, 5) is 23.6.